The quantitative estimate of drug-likeness (QED) is 0.503. The second kappa shape index (κ2) is 10.00. The van der Waals surface area contributed by atoms with E-state index in [1.54, 1.807) is 6.07 Å². The van der Waals surface area contributed by atoms with Gasteiger partial charge in [-0.1, -0.05) is 13.8 Å². The Bertz CT molecular complexity index is 933. The number of benzene rings is 2. The Morgan fingerprint density at radius 2 is 1.70 bits per heavy atom. The van der Waals surface area contributed by atoms with E-state index >= 15 is 0 Å². The van der Waals surface area contributed by atoms with Crippen molar-refractivity contribution in [3.63, 3.8) is 0 Å². The second-order valence-electron chi connectivity index (χ2n) is 6.83. The molecule has 6 nitrogen and oxygen atoms in total. The molecular formula is C21H22F3NO5. The minimum atomic E-state index is -1.72. The van der Waals surface area contributed by atoms with E-state index in [-0.39, 0.29) is 11.5 Å². The fraction of sp³-hybridized carbons (Fsp3) is 0.333. The smallest absolute Gasteiger partial charge is 0.339 e. The molecule has 0 saturated carbocycles. The largest absolute Gasteiger partial charge is 0.493 e. The van der Waals surface area contributed by atoms with Gasteiger partial charge in [-0.2, -0.15) is 0 Å². The first-order valence-corrected chi connectivity index (χ1v) is 9.10. The molecule has 1 N–H and O–H groups in total. The molecule has 0 aromatic heterocycles. The van der Waals surface area contributed by atoms with Crippen LogP contribution in [0.3, 0.4) is 0 Å². The van der Waals surface area contributed by atoms with Gasteiger partial charge in [0.2, 0.25) is 0 Å². The Kier molecular flexibility index (Phi) is 7.68. The molecule has 0 saturated heterocycles. The number of anilines is 1. The summed E-state index contributed by atoms with van der Waals surface area (Å²) in [5, 5.41) is 2.05. The van der Waals surface area contributed by atoms with Gasteiger partial charge in [0.05, 0.1) is 25.0 Å². The van der Waals surface area contributed by atoms with Crippen molar-refractivity contribution in [2.24, 2.45) is 5.92 Å². The number of nitrogens with one attached hydrogen (secondary N) is 1. The SMILES string of the molecule is COc1cc(C(=O)OC(C)C(=O)Nc2ccc(F)c(F)c2F)ccc1OCC(C)C. The van der Waals surface area contributed by atoms with Crippen LogP contribution in [0.25, 0.3) is 0 Å². The normalized spacial score (nSPS) is 11.7. The molecule has 9 heteroatoms. The van der Waals surface area contributed by atoms with Crippen LogP contribution in [0.1, 0.15) is 31.1 Å². The number of ether oxygens (including phenoxy) is 3. The zero-order chi connectivity index (χ0) is 22.4. The van der Waals surface area contributed by atoms with Gasteiger partial charge in [-0.3, -0.25) is 4.79 Å². The van der Waals surface area contributed by atoms with Gasteiger partial charge in [0, 0.05) is 0 Å². The number of amides is 1. The Balaban J connectivity index is 2.06. The van der Waals surface area contributed by atoms with Gasteiger partial charge >= 0.3 is 5.97 Å². The first-order valence-electron chi connectivity index (χ1n) is 9.10. The Hall–Kier alpha value is -3.23. The average Bonchev–Trinajstić information content (AvgIpc) is 2.72. The van der Waals surface area contributed by atoms with Crippen molar-refractivity contribution in [1.29, 1.82) is 0 Å². The molecule has 0 fully saturated rings. The number of carbonyl (C=O) groups excluding carboxylic acids is 2. The average molecular weight is 425 g/mol. The molecule has 0 heterocycles. The summed E-state index contributed by atoms with van der Waals surface area (Å²) in [6.45, 7) is 5.67. The Morgan fingerprint density at radius 3 is 2.33 bits per heavy atom. The van der Waals surface area contributed by atoms with Gasteiger partial charge in [0.15, 0.2) is 35.1 Å². The maximum Gasteiger partial charge on any atom is 0.339 e. The second-order valence-corrected chi connectivity index (χ2v) is 6.83. The predicted molar refractivity (Wildman–Crippen MR) is 103 cm³/mol. The third-order valence-electron chi connectivity index (χ3n) is 3.92. The van der Waals surface area contributed by atoms with Crippen LogP contribution in [0.5, 0.6) is 11.5 Å². The van der Waals surface area contributed by atoms with Crippen LogP contribution in [0, 0.1) is 23.4 Å². The lowest BCUT2D eigenvalue weighted by atomic mass is 10.2. The summed E-state index contributed by atoms with van der Waals surface area (Å²) in [6.07, 6.45) is -1.34. The highest BCUT2D eigenvalue weighted by Gasteiger charge is 2.22. The van der Waals surface area contributed by atoms with Crippen molar-refractivity contribution in [2.75, 3.05) is 19.0 Å². The third-order valence-corrected chi connectivity index (χ3v) is 3.92. The molecule has 1 unspecified atom stereocenters. The number of hydrogen-bond acceptors (Lipinski definition) is 5. The summed E-state index contributed by atoms with van der Waals surface area (Å²) in [5.74, 6) is -5.37. The van der Waals surface area contributed by atoms with E-state index in [1.807, 2.05) is 13.8 Å². The van der Waals surface area contributed by atoms with Crippen LogP contribution in [-0.2, 0) is 9.53 Å². The number of esters is 1. The van der Waals surface area contributed by atoms with Crippen molar-refractivity contribution < 1.29 is 37.0 Å². The zero-order valence-corrected chi connectivity index (χ0v) is 16.9. The standard InChI is InChI=1S/C21H22F3NO5/c1-11(2)10-29-16-8-5-13(9-17(16)28-4)21(27)30-12(3)20(26)25-15-7-6-14(22)18(23)19(15)24/h5-9,11-12H,10H2,1-4H3,(H,25,26). The first-order chi connectivity index (χ1) is 14.1. The zero-order valence-electron chi connectivity index (χ0n) is 16.9. The van der Waals surface area contributed by atoms with Crippen LogP contribution in [0.15, 0.2) is 30.3 Å². The number of carbonyl (C=O) groups is 2. The van der Waals surface area contributed by atoms with Gasteiger partial charge < -0.3 is 19.5 Å². The Morgan fingerprint density at radius 1 is 1.00 bits per heavy atom. The minimum absolute atomic E-state index is 0.0994. The summed E-state index contributed by atoms with van der Waals surface area (Å²) in [7, 11) is 1.42. The molecule has 2 aromatic rings. The summed E-state index contributed by atoms with van der Waals surface area (Å²) in [6, 6.07) is 5.91. The third kappa shape index (κ3) is 5.65. The van der Waals surface area contributed by atoms with Gasteiger partial charge in [0.1, 0.15) is 0 Å². The molecule has 1 amide bonds. The number of halogens is 3. The fourth-order valence-corrected chi connectivity index (χ4v) is 2.31. The van der Waals surface area contributed by atoms with Gasteiger partial charge in [-0.15, -0.1) is 0 Å². The van der Waals surface area contributed by atoms with E-state index in [0.29, 0.717) is 24.2 Å². The van der Waals surface area contributed by atoms with E-state index < -0.39 is 41.1 Å². The molecule has 30 heavy (non-hydrogen) atoms. The Labute approximate surface area is 171 Å². The predicted octanol–water partition coefficient (Wildman–Crippen LogP) is 4.33. The molecule has 0 aliphatic carbocycles. The molecule has 0 radical (unpaired) electrons. The summed E-state index contributed by atoms with van der Waals surface area (Å²) >= 11 is 0. The van der Waals surface area contributed by atoms with Crippen molar-refractivity contribution in [1.82, 2.24) is 0 Å². The maximum atomic E-state index is 13.7. The van der Waals surface area contributed by atoms with E-state index in [4.69, 9.17) is 14.2 Å². The molecule has 2 aromatic carbocycles. The molecule has 0 aliphatic heterocycles. The van der Waals surface area contributed by atoms with Gasteiger partial charge in [-0.05, 0) is 43.2 Å². The number of hydrogen-bond donors (Lipinski definition) is 1. The molecule has 1 atom stereocenters. The fourth-order valence-electron chi connectivity index (χ4n) is 2.31. The monoisotopic (exact) mass is 425 g/mol. The van der Waals surface area contributed by atoms with E-state index in [0.717, 1.165) is 6.07 Å². The lowest BCUT2D eigenvalue weighted by Crippen LogP contribution is -2.30. The van der Waals surface area contributed by atoms with Crippen LogP contribution < -0.4 is 14.8 Å². The number of rotatable bonds is 8. The molecule has 0 bridgehead atoms. The summed E-state index contributed by atoms with van der Waals surface area (Å²) in [4.78, 5) is 24.5. The maximum absolute atomic E-state index is 13.7. The van der Waals surface area contributed by atoms with Crippen molar-refractivity contribution in [3.05, 3.63) is 53.3 Å². The van der Waals surface area contributed by atoms with Crippen molar-refractivity contribution in [2.45, 2.75) is 26.9 Å². The van der Waals surface area contributed by atoms with Crippen LogP contribution in [0.2, 0.25) is 0 Å². The van der Waals surface area contributed by atoms with Crippen molar-refractivity contribution in [3.8, 4) is 11.5 Å². The highest BCUT2D eigenvalue weighted by molar-refractivity contribution is 5.97. The van der Waals surface area contributed by atoms with Crippen molar-refractivity contribution >= 4 is 17.6 Å². The van der Waals surface area contributed by atoms with Gasteiger partial charge in [-0.25, -0.2) is 18.0 Å². The topological polar surface area (TPSA) is 73.9 Å². The lowest BCUT2D eigenvalue weighted by molar-refractivity contribution is -0.123. The minimum Gasteiger partial charge on any atom is -0.493 e. The lowest BCUT2D eigenvalue weighted by Gasteiger charge is -2.16. The molecule has 0 aliphatic rings. The summed E-state index contributed by atoms with van der Waals surface area (Å²) < 4.78 is 55.8. The highest BCUT2D eigenvalue weighted by atomic mass is 19.2. The van der Waals surface area contributed by atoms with E-state index in [9.17, 15) is 22.8 Å². The summed E-state index contributed by atoms with van der Waals surface area (Å²) in [5.41, 5.74) is -0.475. The molecule has 162 valence electrons. The highest BCUT2D eigenvalue weighted by Crippen LogP contribution is 2.29. The number of methoxy groups -OCH3 is 1. The van der Waals surface area contributed by atoms with Crippen LogP contribution in [-0.4, -0.2) is 31.7 Å². The van der Waals surface area contributed by atoms with Crippen LogP contribution >= 0.6 is 0 Å². The van der Waals surface area contributed by atoms with Crippen LogP contribution in [0.4, 0.5) is 18.9 Å². The van der Waals surface area contributed by atoms with E-state index in [1.165, 1.54) is 26.2 Å². The molecule has 0 spiro atoms. The molecule has 2 rings (SSSR count). The first kappa shape index (κ1) is 23.1. The molecular weight excluding hydrogens is 403 g/mol. The van der Waals surface area contributed by atoms with E-state index in [2.05, 4.69) is 5.32 Å². The van der Waals surface area contributed by atoms with Gasteiger partial charge in [0.25, 0.3) is 5.91 Å².